The third-order valence-corrected chi connectivity index (χ3v) is 10.7. The van der Waals surface area contributed by atoms with Gasteiger partial charge in [-0.05, 0) is 60.2 Å². The van der Waals surface area contributed by atoms with Crippen molar-refractivity contribution >= 4 is 23.5 Å². The van der Waals surface area contributed by atoms with E-state index >= 15 is 0 Å². The lowest BCUT2D eigenvalue weighted by Gasteiger charge is -2.57. The fourth-order valence-corrected chi connectivity index (χ4v) is 11.2. The van der Waals surface area contributed by atoms with Crippen LogP contribution in [0.5, 0.6) is 0 Å². The van der Waals surface area contributed by atoms with Crippen molar-refractivity contribution in [3.8, 4) is 0 Å². The number of esters is 2. The summed E-state index contributed by atoms with van der Waals surface area (Å²) in [6, 6.07) is 0. The molecule has 8 saturated carbocycles. The Kier molecular flexibility index (Phi) is 2.53. The highest BCUT2D eigenvalue weighted by atomic mass is 16.5. The maximum Gasteiger partial charge on any atom is 0.313 e. The van der Waals surface area contributed by atoms with Crippen LogP contribution in [0.2, 0.25) is 0 Å². The number of fused-ring (bicyclic) bond motifs is 2. The van der Waals surface area contributed by atoms with E-state index in [0.717, 1.165) is 12.8 Å². The Balaban J connectivity index is 1.55. The molecule has 28 heavy (non-hydrogen) atoms. The van der Waals surface area contributed by atoms with Crippen LogP contribution in [-0.4, -0.2) is 37.7 Å². The monoisotopic (exact) mass is 384 g/mol. The van der Waals surface area contributed by atoms with Gasteiger partial charge < -0.3 is 9.47 Å². The molecule has 0 heterocycles. The zero-order valence-corrected chi connectivity index (χ0v) is 16.1. The average molecular weight is 384 g/mol. The Hall–Kier alpha value is -1.72. The van der Waals surface area contributed by atoms with Crippen molar-refractivity contribution in [3.63, 3.8) is 0 Å². The van der Waals surface area contributed by atoms with E-state index < -0.39 is 10.8 Å². The molecule has 8 bridgehead atoms. The van der Waals surface area contributed by atoms with Crippen molar-refractivity contribution in [3.05, 3.63) is 0 Å². The predicted octanol–water partition coefficient (Wildman–Crippen LogP) is 1.26. The molecule has 148 valence electrons. The molecular weight excluding hydrogens is 360 g/mol. The van der Waals surface area contributed by atoms with Gasteiger partial charge in [-0.15, -0.1) is 0 Å². The minimum atomic E-state index is -0.952. The number of hydrogen-bond acceptors (Lipinski definition) is 6. The Morgan fingerprint density at radius 2 is 1.14 bits per heavy atom. The van der Waals surface area contributed by atoms with Crippen LogP contribution in [-0.2, 0) is 28.7 Å². The SMILES string of the molecule is COC(=O)[C@]12[C@@H]3[C@H]4C(=O)CC[C@H]4[C@H]4[C@H]3[C@H]3[C@@H]1[C@H]1CCC(=O)[C@@H]1[C@@H]3[C@]42C(=O)OC. The summed E-state index contributed by atoms with van der Waals surface area (Å²) in [5.41, 5.74) is -1.90. The first-order chi connectivity index (χ1) is 13.5. The summed E-state index contributed by atoms with van der Waals surface area (Å²) < 4.78 is 10.8. The molecule has 12 atom stereocenters. The van der Waals surface area contributed by atoms with Crippen LogP contribution in [0.1, 0.15) is 25.7 Å². The third-order valence-electron chi connectivity index (χ3n) is 10.7. The molecule has 8 rings (SSSR count). The normalized spacial score (nSPS) is 60.6. The first kappa shape index (κ1) is 16.1. The Labute approximate surface area is 162 Å². The van der Waals surface area contributed by atoms with Gasteiger partial charge in [0.25, 0.3) is 0 Å². The van der Waals surface area contributed by atoms with Gasteiger partial charge in [0, 0.05) is 24.7 Å². The minimum Gasteiger partial charge on any atom is -0.469 e. The van der Waals surface area contributed by atoms with Gasteiger partial charge in [0.2, 0.25) is 0 Å². The molecule has 0 saturated heterocycles. The van der Waals surface area contributed by atoms with Crippen molar-refractivity contribution in [2.45, 2.75) is 25.7 Å². The van der Waals surface area contributed by atoms with Crippen LogP contribution >= 0.6 is 0 Å². The van der Waals surface area contributed by atoms with E-state index in [1.165, 1.54) is 14.2 Å². The van der Waals surface area contributed by atoms with E-state index in [0.29, 0.717) is 12.8 Å². The molecule has 0 N–H and O–H groups in total. The van der Waals surface area contributed by atoms with Gasteiger partial charge in [0.1, 0.15) is 11.6 Å². The van der Waals surface area contributed by atoms with E-state index in [9.17, 15) is 19.2 Å². The number of ketones is 2. The molecule has 8 aliphatic rings. The van der Waals surface area contributed by atoms with E-state index in [2.05, 4.69) is 0 Å². The Bertz CT molecular complexity index is 821. The second-order valence-electron chi connectivity index (χ2n) is 10.4. The Morgan fingerprint density at radius 1 is 0.750 bits per heavy atom. The smallest absolute Gasteiger partial charge is 0.313 e. The fraction of sp³-hybridized carbons (Fsp3) is 0.818. The van der Waals surface area contributed by atoms with Crippen LogP contribution < -0.4 is 0 Å². The summed E-state index contributed by atoms with van der Waals surface area (Å²) in [7, 11) is 2.80. The molecule has 0 aliphatic heterocycles. The first-order valence-electron chi connectivity index (χ1n) is 10.7. The standard InChI is InChI=1S/C22H24O6/c1-27-19(25)21-15-7-3-5-10(24)12(7)18-13(15)14-16(22(18,21)20(26)28-2)8-4-6-9(23)11(8)17(14)21/h7-8,11-18H,3-6H2,1-2H3/t7-,8+,11-,12-,13-,14+,15+,16+,17+,18-,21+,22-/m1/s1. The lowest BCUT2D eigenvalue weighted by atomic mass is 9.43. The van der Waals surface area contributed by atoms with Gasteiger partial charge in [-0.3, -0.25) is 19.2 Å². The van der Waals surface area contributed by atoms with Crippen LogP contribution in [0.15, 0.2) is 0 Å². The molecule has 0 radical (unpaired) electrons. The highest BCUT2D eigenvalue weighted by molar-refractivity contribution is 5.99. The number of carbonyl (C=O) groups excluding carboxylic acids is 4. The molecule has 6 heteroatoms. The first-order valence-corrected chi connectivity index (χ1v) is 10.7. The van der Waals surface area contributed by atoms with Crippen LogP contribution in [0.25, 0.3) is 0 Å². The second kappa shape index (κ2) is 4.39. The number of Topliss-reactive ketones (excluding diaryl/α,β-unsaturated/α-hetero) is 2. The largest absolute Gasteiger partial charge is 0.469 e. The minimum absolute atomic E-state index is 0.00102. The zero-order valence-electron chi connectivity index (χ0n) is 16.1. The summed E-state index contributed by atoms with van der Waals surface area (Å²) in [5.74, 6) is 0.253. The molecule has 0 spiro atoms. The molecular formula is C22H24O6. The molecule has 8 aliphatic carbocycles. The summed E-state index contributed by atoms with van der Waals surface area (Å²) >= 11 is 0. The molecule has 0 aromatic heterocycles. The number of carbonyl (C=O) groups is 4. The second-order valence-corrected chi connectivity index (χ2v) is 10.4. The van der Waals surface area contributed by atoms with Crippen molar-refractivity contribution in [1.82, 2.24) is 0 Å². The summed E-state index contributed by atoms with van der Waals surface area (Å²) in [4.78, 5) is 52.8. The summed E-state index contributed by atoms with van der Waals surface area (Å²) in [6.45, 7) is 0. The Morgan fingerprint density at radius 3 is 1.50 bits per heavy atom. The molecule has 0 aromatic carbocycles. The van der Waals surface area contributed by atoms with Crippen molar-refractivity contribution in [2.24, 2.45) is 70.0 Å². The van der Waals surface area contributed by atoms with E-state index in [1.807, 2.05) is 0 Å². The van der Waals surface area contributed by atoms with Gasteiger partial charge in [0.05, 0.1) is 25.0 Å². The summed E-state index contributed by atoms with van der Waals surface area (Å²) in [6.07, 6.45) is 2.72. The van der Waals surface area contributed by atoms with Crippen LogP contribution in [0.3, 0.4) is 0 Å². The van der Waals surface area contributed by atoms with Crippen molar-refractivity contribution < 1.29 is 28.7 Å². The quantitative estimate of drug-likeness (QED) is 0.666. The predicted molar refractivity (Wildman–Crippen MR) is 92.3 cm³/mol. The van der Waals surface area contributed by atoms with E-state index in [4.69, 9.17) is 9.47 Å². The van der Waals surface area contributed by atoms with Crippen molar-refractivity contribution in [2.75, 3.05) is 14.2 Å². The zero-order chi connectivity index (χ0) is 19.3. The maximum atomic E-state index is 13.6. The number of ether oxygens (including phenoxy) is 2. The van der Waals surface area contributed by atoms with Gasteiger partial charge in [-0.2, -0.15) is 0 Å². The molecule has 0 unspecified atom stereocenters. The highest BCUT2D eigenvalue weighted by Crippen LogP contribution is 2.97. The van der Waals surface area contributed by atoms with Gasteiger partial charge in [-0.25, -0.2) is 0 Å². The maximum absolute atomic E-state index is 13.6. The molecule has 0 aromatic rings. The van der Waals surface area contributed by atoms with Crippen molar-refractivity contribution in [1.29, 1.82) is 0 Å². The summed E-state index contributed by atoms with van der Waals surface area (Å²) in [5, 5.41) is 0. The fourth-order valence-electron chi connectivity index (χ4n) is 11.2. The average Bonchev–Trinajstić information content (AvgIpc) is 3.49. The van der Waals surface area contributed by atoms with Crippen LogP contribution in [0.4, 0.5) is 0 Å². The number of hydrogen-bond donors (Lipinski definition) is 0. The van der Waals surface area contributed by atoms with Gasteiger partial charge in [-0.1, -0.05) is 0 Å². The third kappa shape index (κ3) is 1.10. The lowest BCUT2D eigenvalue weighted by molar-refractivity contribution is -0.208. The lowest BCUT2D eigenvalue weighted by Crippen LogP contribution is -2.66. The van der Waals surface area contributed by atoms with E-state index in [-0.39, 0.29) is 82.7 Å². The molecule has 6 nitrogen and oxygen atoms in total. The molecule has 8 fully saturated rings. The van der Waals surface area contributed by atoms with E-state index in [1.54, 1.807) is 0 Å². The van der Waals surface area contributed by atoms with Gasteiger partial charge in [0.15, 0.2) is 0 Å². The van der Waals surface area contributed by atoms with Crippen LogP contribution in [0, 0.1) is 70.0 Å². The highest BCUT2D eigenvalue weighted by Gasteiger charge is 3.01. The number of methoxy groups -OCH3 is 2. The van der Waals surface area contributed by atoms with Gasteiger partial charge >= 0.3 is 11.9 Å². The number of rotatable bonds is 2. The topological polar surface area (TPSA) is 86.7 Å². The molecule has 0 amide bonds.